The zero-order valence-corrected chi connectivity index (χ0v) is 11.1. The van der Waals surface area contributed by atoms with Gasteiger partial charge >= 0.3 is 5.97 Å². The fourth-order valence-corrected chi connectivity index (χ4v) is 2.24. The number of rotatable bonds is 1. The molecule has 1 fully saturated rings. The van der Waals surface area contributed by atoms with Crippen LogP contribution >= 0.6 is 0 Å². The van der Waals surface area contributed by atoms with Crippen LogP contribution in [-0.4, -0.2) is 59.7 Å². The van der Waals surface area contributed by atoms with E-state index in [0.29, 0.717) is 0 Å². The van der Waals surface area contributed by atoms with Gasteiger partial charge in [-0.1, -0.05) is 0 Å². The van der Waals surface area contributed by atoms with Crippen molar-refractivity contribution in [2.75, 3.05) is 0 Å². The molecule has 5 atom stereocenters. The van der Waals surface area contributed by atoms with Crippen molar-refractivity contribution in [2.24, 2.45) is 0 Å². The van der Waals surface area contributed by atoms with Crippen molar-refractivity contribution in [1.29, 1.82) is 0 Å². The minimum Gasteiger partial charge on any atom is -0.479 e. The Kier molecular flexibility index (Phi) is 2.92. The Hall–Kier alpha value is -0.730. The Labute approximate surface area is 105 Å². The highest BCUT2D eigenvalue weighted by Gasteiger charge is 2.76. The van der Waals surface area contributed by atoms with Crippen LogP contribution in [0.1, 0.15) is 34.6 Å². The van der Waals surface area contributed by atoms with Crippen molar-refractivity contribution in [2.45, 2.75) is 62.8 Å². The molecule has 0 radical (unpaired) electrons. The molecular weight excluding hydrogens is 244 g/mol. The minimum atomic E-state index is -2.36. The van der Waals surface area contributed by atoms with E-state index in [0.717, 1.165) is 34.6 Å². The topological polar surface area (TPSA) is 127 Å². The number of aliphatic hydroxyl groups is 4. The number of hydrogen-bond donors (Lipinski definition) is 5. The first kappa shape index (κ1) is 15.3. The van der Waals surface area contributed by atoms with Crippen LogP contribution in [0.25, 0.3) is 0 Å². The van der Waals surface area contributed by atoms with Crippen LogP contribution in [0.2, 0.25) is 0 Å². The average molecular weight is 264 g/mol. The zero-order valence-electron chi connectivity index (χ0n) is 11.1. The van der Waals surface area contributed by atoms with Crippen LogP contribution in [0.3, 0.4) is 0 Å². The van der Waals surface area contributed by atoms with Crippen LogP contribution < -0.4 is 0 Å². The summed E-state index contributed by atoms with van der Waals surface area (Å²) in [4.78, 5) is 11.3. The smallest absolute Gasteiger partial charge is 0.338 e. The Morgan fingerprint density at radius 1 is 0.833 bits per heavy atom. The molecule has 7 nitrogen and oxygen atoms in total. The van der Waals surface area contributed by atoms with Crippen LogP contribution in [0.5, 0.6) is 0 Å². The maximum Gasteiger partial charge on any atom is 0.338 e. The zero-order chi connectivity index (χ0) is 14.8. The molecule has 0 bridgehead atoms. The summed E-state index contributed by atoms with van der Waals surface area (Å²) in [5.41, 5.74) is -9.23. The van der Waals surface area contributed by atoms with Gasteiger partial charge in [0.2, 0.25) is 0 Å². The van der Waals surface area contributed by atoms with E-state index in [1.54, 1.807) is 0 Å². The molecule has 7 heteroatoms. The molecule has 106 valence electrons. The molecule has 1 aliphatic rings. The second kappa shape index (κ2) is 3.43. The second-order valence-electron chi connectivity index (χ2n) is 5.64. The van der Waals surface area contributed by atoms with Crippen molar-refractivity contribution in [1.82, 2.24) is 0 Å². The molecule has 1 aliphatic heterocycles. The molecule has 1 heterocycles. The summed E-state index contributed by atoms with van der Waals surface area (Å²) in [6.45, 7) is 5.18. The van der Waals surface area contributed by atoms with Crippen molar-refractivity contribution in [3.05, 3.63) is 0 Å². The van der Waals surface area contributed by atoms with Crippen molar-refractivity contribution < 1.29 is 35.1 Å². The maximum absolute atomic E-state index is 11.3. The van der Waals surface area contributed by atoms with Crippen molar-refractivity contribution in [3.8, 4) is 0 Å². The summed E-state index contributed by atoms with van der Waals surface area (Å²) in [7, 11) is 0. The van der Waals surface area contributed by atoms with Gasteiger partial charge in [-0.15, -0.1) is 0 Å². The van der Waals surface area contributed by atoms with E-state index in [9.17, 15) is 30.3 Å². The van der Waals surface area contributed by atoms with Gasteiger partial charge in [-0.2, -0.15) is 0 Å². The van der Waals surface area contributed by atoms with E-state index in [2.05, 4.69) is 0 Å². The van der Waals surface area contributed by atoms with Gasteiger partial charge in [0, 0.05) is 0 Å². The first-order valence-corrected chi connectivity index (χ1v) is 5.48. The highest BCUT2D eigenvalue weighted by atomic mass is 16.7. The first-order chi connectivity index (χ1) is 7.65. The van der Waals surface area contributed by atoms with Crippen LogP contribution in [-0.2, 0) is 9.53 Å². The van der Waals surface area contributed by atoms with E-state index >= 15 is 0 Å². The number of ether oxygens (including phenoxy) is 1. The summed E-state index contributed by atoms with van der Waals surface area (Å²) in [5, 5.41) is 50.1. The lowest BCUT2D eigenvalue weighted by atomic mass is 9.61. The van der Waals surface area contributed by atoms with Gasteiger partial charge in [0.1, 0.15) is 16.8 Å². The van der Waals surface area contributed by atoms with E-state index in [1.807, 2.05) is 0 Å². The number of carboxylic acid groups (broad SMARTS) is 1. The molecule has 0 aliphatic carbocycles. The van der Waals surface area contributed by atoms with Crippen LogP contribution in [0, 0.1) is 0 Å². The van der Waals surface area contributed by atoms with Gasteiger partial charge in [0.05, 0.1) is 0 Å². The van der Waals surface area contributed by atoms with Crippen molar-refractivity contribution >= 4 is 5.97 Å². The average Bonchev–Trinajstić information content (AvgIpc) is 2.13. The van der Waals surface area contributed by atoms with Crippen molar-refractivity contribution in [3.63, 3.8) is 0 Å². The molecule has 0 aromatic carbocycles. The lowest BCUT2D eigenvalue weighted by Crippen LogP contribution is -2.85. The van der Waals surface area contributed by atoms with Gasteiger partial charge in [-0.25, -0.2) is 4.79 Å². The van der Waals surface area contributed by atoms with E-state index in [-0.39, 0.29) is 0 Å². The quantitative estimate of drug-likeness (QED) is 0.403. The molecule has 0 spiro atoms. The van der Waals surface area contributed by atoms with E-state index in [1.165, 1.54) is 0 Å². The highest BCUT2D eigenvalue weighted by Crippen LogP contribution is 2.52. The SMILES string of the molecule is CC1(C(=O)O)O[C@@](C)(O)C(C)(O)C(C)(O)[C@]1(C)O. The van der Waals surface area contributed by atoms with Gasteiger partial charge in [0.15, 0.2) is 11.4 Å². The molecule has 18 heavy (non-hydrogen) atoms. The lowest BCUT2D eigenvalue weighted by molar-refractivity contribution is -0.438. The molecule has 0 saturated carbocycles. The molecule has 5 N–H and O–H groups in total. The van der Waals surface area contributed by atoms with Gasteiger partial charge in [-0.3, -0.25) is 0 Å². The third-order valence-electron chi connectivity index (χ3n) is 4.54. The summed E-state index contributed by atoms with van der Waals surface area (Å²) in [6, 6.07) is 0. The molecular formula is C11H20O7. The predicted octanol–water partition coefficient (Wildman–Crippen LogP) is -1.18. The Bertz CT molecular complexity index is 383. The molecule has 1 saturated heterocycles. The van der Waals surface area contributed by atoms with Crippen LogP contribution in [0.15, 0.2) is 0 Å². The first-order valence-electron chi connectivity index (χ1n) is 5.48. The molecule has 0 aromatic heterocycles. The third kappa shape index (κ3) is 1.39. The van der Waals surface area contributed by atoms with Gasteiger partial charge in [-0.05, 0) is 34.6 Å². The Morgan fingerprint density at radius 3 is 1.56 bits per heavy atom. The predicted molar refractivity (Wildman–Crippen MR) is 59.6 cm³/mol. The maximum atomic E-state index is 11.3. The van der Waals surface area contributed by atoms with Crippen LogP contribution in [0.4, 0.5) is 0 Å². The number of carbonyl (C=O) groups is 1. The fourth-order valence-electron chi connectivity index (χ4n) is 2.24. The summed E-state index contributed by atoms with van der Waals surface area (Å²) < 4.78 is 4.98. The largest absolute Gasteiger partial charge is 0.479 e. The number of carboxylic acids is 1. The van der Waals surface area contributed by atoms with E-state index < -0.39 is 34.2 Å². The third-order valence-corrected chi connectivity index (χ3v) is 4.54. The number of aliphatic carboxylic acids is 1. The highest BCUT2D eigenvalue weighted by molar-refractivity contribution is 5.79. The second-order valence-corrected chi connectivity index (χ2v) is 5.64. The molecule has 1 rings (SSSR count). The summed E-state index contributed by atoms with van der Waals surface area (Å²) in [5.74, 6) is -3.92. The van der Waals surface area contributed by atoms with Gasteiger partial charge < -0.3 is 30.3 Å². The molecule has 0 amide bonds. The monoisotopic (exact) mass is 264 g/mol. The summed E-state index contributed by atoms with van der Waals surface area (Å²) >= 11 is 0. The molecule has 0 aromatic rings. The normalized spacial score (nSPS) is 57.4. The number of hydrogen-bond acceptors (Lipinski definition) is 6. The lowest BCUT2D eigenvalue weighted by Gasteiger charge is -2.62. The molecule has 3 unspecified atom stereocenters. The Morgan fingerprint density at radius 2 is 1.22 bits per heavy atom. The fraction of sp³-hybridized carbons (Fsp3) is 0.909. The minimum absolute atomic E-state index is 1.02. The summed E-state index contributed by atoms with van der Waals surface area (Å²) in [6.07, 6.45) is 0. The van der Waals surface area contributed by atoms with Gasteiger partial charge in [0.25, 0.3) is 0 Å². The Balaban J connectivity index is 3.57. The van der Waals surface area contributed by atoms with E-state index in [4.69, 9.17) is 4.74 Å². The standard InChI is InChI=1S/C11H20O7/c1-7(6(12)13)8(2,14)9(3,15)10(4,16)11(5,17)18-7/h14-17H,1-5H3,(H,12,13)/t7?,8-,9?,10?,11-/m1/s1.